The number of rotatable bonds is 3. The summed E-state index contributed by atoms with van der Waals surface area (Å²) >= 11 is 0. The van der Waals surface area contributed by atoms with E-state index in [1.165, 1.54) is 0 Å². The third kappa shape index (κ3) is 2.10. The monoisotopic (exact) mass is 167 g/mol. The van der Waals surface area contributed by atoms with E-state index in [0.717, 1.165) is 5.69 Å². The second kappa shape index (κ2) is 3.92. The van der Waals surface area contributed by atoms with Gasteiger partial charge in [-0.05, 0) is 12.1 Å². The molecule has 0 aliphatic rings. The van der Waals surface area contributed by atoms with Crippen molar-refractivity contribution in [2.75, 3.05) is 7.05 Å². The lowest BCUT2D eigenvalue weighted by Crippen LogP contribution is -2.24. The van der Waals surface area contributed by atoms with Gasteiger partial charge in [-0.15, -0.1) is 0 Å². The average Bonchev–Trinajstić information content (AvgIpc) is 2.56. The van der Waals surface area contributed by atoms with E-state index in [9.17, 15) is 4.79 Å². The summed E-state index contributed by atoms with van der Waals surface area (Å²) in [5.41, 5.74) is 6.61. The Morgan fingerprint density at radius 1 is 1.83 bits per heavy atom. The standard InChI is InChI=1S/C8H13N3O/c1-10-8(12)5-6(9)7-3-2-4-11-7/h2-4,6,11H,5,9H2,1H3,(H,10,12). The first-order valence-corrected chi connectivity index (χ1v) is 3.83. The van der Waals surface area contributed by atoms with Gasteiger partial charge in [0.25, 0.3) is 0 Å². The zero-order valence-corrected chi connectivity index (χ0v) is 7.00. The SMILES string of the molecule is CNC(=O)CC(N)c1ccc[nH]1. The van der Waals surface area contributed by atoms with Gasteiger partial charge in [0, 0.05) is 25.4 Å². The summed E-state index contributed by atoms with van der Waals surface area (Å²) in [6.07, 6.45) is 2.11. The lowest BCUT2D eigenvalue weighted by atomic mass is 10.1. The summed E-state index contributed by atoms with van der Waals surface area (Å²) in [6, 6.07) is 3.49. The number of aromatic nitrogens is 1. The summed E-state index contributed by atoms with van der Waals surface area (Å²) in [4.78, 5) is 13.9. The van der Waals surface area contributed by atoms with E-state index in [4.69, 9.17) is 5.73 Å². The third-order valence-electron chi connectivity index (χ3n) is 1.71. The van der Waals surface area contributed by atoms with Crippen LogP contribution in [0, 0.1) is 0 Å². The van der Waals surface area contributed by atoms with Crippen LogP contribution in [0.15, 0.2) is 18.3 Å². The molecule has 4 nitrogen and oxygen atoms in total. The number of amides is 1. The van der Waals surface area contributed by atoms with Crippen LogP contribution in [0.4, 0.5) is 0 Å². The van der Waals surface area contributed by atoms with Crippen molar-refractivity contribution >= 4 is 5.91 Å². The fraction of sp³-hybridized carbons (Fsp3) is 0.375. The van der Waals surface area contributed by atoms with Gasteiger partial charge in [-0.1, -0.05) is 0 Å². The largest absolute Gasteiger partial charge is 0.364 e. The molecule has 12 heavy (non-hydrogen) atoms. The molecule has 1 heterocycles. The van der Waals surface area contributed by atoms with Crippen LogP contribution in [0.25, 0.3) is 0 Å². The summed E-state index contributed by atoms with van der Waals surface area (Å²) in [5, 5.41) is 2.52. The second-order valence-corrected chi connectivity index (χ2v) is 2.61. The zero-order valence-electron chi connectivity index (χ0n) is 7.00. The first kappa shape index (κ1) is 8.80. The van der Waals surface area contributed by atoms with E-state index in [0.29, 0.717) is 6.42 Å². The van der Waals surface area contributed by atoms with Gasteiger partial charge in [-0.25, -0.2) is 0 Å². The predicted octanol–water partition coefficient (Wildman–Crippen LogP) is 0.151. The minimum Gasteiger partial charge on any atom is -0.364 e. The molecule has 0 spiro atoms. The van der Waals surface area contributed by atoms with Crippen LogP contribution in [0.3, 0.4) is 0 Å². The maximum atomic E-state index is 10.9. The number of hydrogen-bond acceptors (Lipinski definition) is 2. The number of carbonyl (C=O) groups is 1. The Kier molecular flexibility index (Phi) is 2.88. The van der Waals surface area contributed by atoms with Gasteiger partial charge in [0.2, 0.25) is 5.91 Å². The maximum Gasteiger partial charge on any atom is 0.221 e. The Balaban J connectivity index is 2.49. The van der Waals surface area contributed by atoms with Gasteiger partial charge < -0.3 is 16.0 Å². The fourth-order valence-corrected chi connectivity index (χ4v) is 0.987. The topological polar surface area (TPSA) is 70.9 Å². The Labute approximate surface area is 71.2 Å². The molecule has 1 atom stereocenters. The molecule has 0 bridgehead atoms. The van der Waals surface area contributed by atoms with Crippen molar-refractivity contribution in [3.05, 3.63) is 24.0 Å². The van der Waals surface area contributed by atoms with Crippen LogP contribution < -0.4 is 11.1 Å². The molecule has 0 saturated carbocycles. The molecule has 0 aliphatic heterocycles. The van der Waals surface area contributed by atoms with Crippen molar-refractivity contribution in [3.63, 3.8) is 0 Å². The third-order valence-corrected chi connectivity index (χ3v) is 1.71. The van der Waals surface area contributed by atoms with E-state index in [1.807, 2.05) is 12.1 Å². The molecule has 0 saturated heterocycles. The lowest BCUT2D eigenvalue weighted by Gasteiger charge is -2.07. The molecule has 66 valence electrons. The van der Waals surface area contributed by atoms with Crippen LogP contribution >= 0.6 is 0 Å². The molecule has 1 rings (SSSR count). The van der Waals surface area contributed by atoms with Gasteiger partial charge >= 0.3 is 0 Å². The molecular weight excluding hydrogens is 154 g/mol. The number of nitrogens with one attached hydrogen (secondary N) is 2. The van der Waals surface area contributed by atoms with Crippen LogP contribution in [0.2, 0.25) is 0 Å². The Morgan fingerprint density at radius 2 is 2.58 bits per heavy atom. The Hall–Kier alpha value is -1.29. The first-order chi connectivity index (χ1) is 5.74. The van der Waals surface area contributed by atoms with Gasteiger partial charge in [-0.2, -0.15) is 0 Å². The van der Waals surface area contributed by atoms with Gasteiger partial charge in [0.05, 0.1) is 6.04 Å². The molecule has 0 fully saturated rings. The average molecular weight is 167 g/mol. The highest BCUT2D eigenvalue weighted by molar-refractivity contribution is 5.76. The maximum absolute atomic E-state index is 10.9. The highest BCUT2D eigenvalue weighted by Gasteiger charge is 2.10. The van der Waals surface area contributed by atoms with E-state index < -0.39 is 0 Å². The van der Waals surface area contributed by atoms with Crippen molar-refractivity contribution in [2.24, 2.45) is 5.73 Å². The van der Waals surface area contributed by atoms with Crippen molar-refractivity contribution in [2.45, 2.75) is 12.5 Å². The molecule has 0 aromatic carbocycles. The molecular formula is C8H13N3O. The summed E-state index contributed by atoms with van der Waals surface area (Å²) in [7, 11) is 1.60. The quantitative estimate of drug-likeness (QED) is 0.599. The first-order valence-electron chi connectivity index (χ1n) is 3.83. The molecule has 0 radical (unpaired) electrons. The van der Waals surface area contributed by atoms with Crippen molar-refractivity contribution in [3.8, 4) is 0 Å². The molecule has 4 heteroatoms. The van der Waals surface area contributed by atoms with Crippen molar-refractivity contribution < 1.29 is 4.79 Å². The Morgan fingerprint density at radius 3 is 3.08 bits per heavy atom. The number of hydrogen-bond donors (Lipinski definition) is 3. The fourth-order valence-electron chi connectivity index (χ4n) is 0.987. The van der Waals surface area contributed by atoms with E-state index in [2.05, 4.69) is 10.3 Å². The minimum absolute atomic E-state index is 0.0444. The normalized spacial score (nSPS) is 12.5. The molecule has 4 N–H and O–H groups in total. The lowest BCUT2D eigenvalue weighted by molar-refractivity contribution is -0.120. The number of nitrogens with two attached hydrogens (primary N) is 1. The smallest absolute Gasteiger partial charge is 0.221 e. The Bertz CT molecular complexity index is 243. The van der Waals surface area contributed by atoms with Gasteiger partial charge in [0.15, 0.2) is 0 Å². The highest BCUT2D eigenvalue weighted by atomic mass is 16.1. The molecule has 1 aromatic rings. The summed E-state index contributed by atoms with van der Waals surface area (Å²) in [6.45, 7) is 0. The molecule has 0 aliphatic carbocycles. The summed E-state index contributed by atoms with van der Waals surface area (Å²) < 4.78 is 0. The van der Waals surface area contributed by atoms with Crippen LogP contribution in [0.5, 0.6) is 0 Å². The summed E-state index contributed by atoms with van der Waals surface area (Å²) in [5.74, 6) is -0.0444. The molecule has 1 unspecified atom stereocenters. The number of aromatic amines is 1. The number of H-pyrrole nitrogens is 1. The highest BCUT2D eigenvalue weighted by Crippen LogP contribution is 2.10. The predicted molar refractivity (Wildman–Crippen MR) is 46.4 cm³/mol. The van der Waals surface area contributed by atoms with Crippen molar-refractivity contribution in [1.82, 2.24) is 10.3 Å². The van der Waals surface area contributed by atoms with Crippen molar-refractivity contribution in [1.29, 1.82) is 0 Å². The number of carbonyl (C=O) groups excluding carboxylic acids is 1. The molecule has 1 aromatic heterocycles. The second-order valence-electron chi connectivity index (χ2n) is 2.61. The van der Waals surface area contributed by atoms with Gasteiger partial charge in [-0.3, -0.25) is 4.79 Å². The van der Waals surface area contributed by atoms with Crippen LogP contribution in [-0.4, -0.2) is 17.9 Å². The van der Waals surface area contributed by atoms with E-state index in [-0.39, 0.29) is 11.9 Å². The van der Waals surface area contributed by atoms with Crippen LogP contribution in [0.1, 0.15) is 18.2 Å². The molecule has 1 amide bonds. The van der Waals surface area contributed by atoms with E-state index >= 15 is 0 Å². The minimum atomic E-state index is -0.236. The van der Waals surface area contributed by atoms with E-state index in [1.54, 1.807) is 13.2 Å². The van der Waals surface area contributed by atoms with Gasteiger partial charge in [0.1, 0.15) is 0 Å². The van der Waals surface area contributed by atoms with Crippen LogP contribution in [-0.2, 0) is 4.79 Å². The zero-order chi connectivity index (χ0) is 8.97.